The zero-order chi connectivity index (χ0) is 19.3. The monoisotopic (exact) mass is 382 g/mol. The zero-order valence-electron chi connectivity index (χ0n) is 17.4. The first-order valence-corrected chi connectivity index (χ1v) is 11.3. The number of aryl methyl sites for hydroxylation is 2. The average molecular weight is 383 g/mol. The van der Waals surface area contributed by atoms with Crippen LogP contribution >= 0.6 is 0 Å². The molecular formula is C23H34N4O. The first-order valence-electron chi connectivity index (χ1n) is 11.3. The van der Waals surface area contributed by atoms with Gasteiger partial charge in [0.15, 0.2) is 0 Å². The molecule has 4 saturated carbocycles. The maximum atomic E-state index is 13.2. The van der Waals surface area contributed by atoms with E-state index in [-0.39, 0.29) is 5.41 Å². The van der Waals surface area contributed by atoms with Gasteiger partial charge in [0.05, 0.1) is 0 Å². The summed E-state index contributed by atoms with van der Waals surface area (Å²) >= 11 is 0. The maximum Gasteiger partial charge on any atom is 0.226 e. The molecule has 5 heteroatoms. The quantitative estimate of drug-likeness (QED) is 0.864. The highest BCUT2D eigenvalue weighted by Crippen LogP contribution is 2.60. The predicted molar refractivity (Wildman–Crippen MR) is 110 cm³/mol. The Morgan fingerprint density at radius 1 is 1.04 bits per heavy atom. The van der Waals surface area contributed by atoms with Gasteiger partial charge in [0.1, 0.15) is 0 Å². The number of carbonyl (C=O) groups excluding carboxylic acids is 1. The molecule has 6 rings (SSSR count). The van der Waals surface area contributed by atoms with Gasteiger partial charge in [0, 0.05) is 36.4 Å². The highest BCUT2D eigenvalue weighted by atomic mass is 16.2. The number of amides is 1. The van der Waals surface area contributed by atoms with Gasteiger partial charge in [0.2, 0.25) is 11.9 Å². The van der Waals surface area contributed by atoms with Crippen molar-refractivity contribution in [3.05, 3.63) is 17.5 Å². The van der Waals surface area contributed by atoms with Crippen molar-refractivity contribution in [2.24, 2.45) is 29.1 Å². The maximum absolute atomic E-state index is 13.2. The van der Waals surface area contributed by atoms with E-state index in [1.54, 1.807) is 0 Å². The van der Waals surface area contributed by atoms with Gasteiger partial charge in [-0.1, -0.05) is 0 Å². The summed E-state index contributed by atoms with van der Waals surface area (Å²) in [6, 6.07) is 2.02. The van der Waals surface area contributed by atoms with Gasteiger partial charge < -0.3 is 10.2 Å². The molecule has 1 aromatic rings. The van der Waals surface area contributed by atoms with Crippen LogP contribution in [0.25, 0.3) is 0 Å². The highest BCUT2D eigenvalue weighted by Gasteiger charge is 2.54. The molecule has 1 saturated heterocycles. The molecule has 1 aromatic heterocycles. The molecule has 0 atom stereocenters. The largest absolute Gasteiger partial charge is 0.355 e. The number of carbonyl (C=O) groups is 1. The normalized spacial score (nSPS) is 34.6. The molecule has 1 N–H and O–H groups in total. The molecule has 0 aromatic carbocycles. The molecule has 4 bridgehead atoms. The Kier molecular flexibility index (Phi) is 4.59. The third-order valence-electron chi connectivity index (χ3n) is 7.94. The van der Waals surface area contributed by atoms with E-state index < -0.39 is 0 Å². The minimum absolute atomic E-state index is 0.0115. The summed E-state index contributed by atoms with van der Waals surface area (Å²) < 4.78 is 0. The van der Waals surface area contributed by atoms with Gasteiger partial charge in [-0.05, 0) is 95.0 Å². The number of hydrogen-bond donors (Lipinski definition) is 1. The van der Waals surface area contributed by atoms with Crippen molar-refractivity contribution >= 4 is 11.9 Å². The molecule has 28 heavy (non-hydrogen) atoms. The van der Waals surface area contributed by atoms with E-state index in [9.17, 15) is 4.79 Å². The third-order valence-corrected chi connectivity index (χ3v) is 7.94. The van der Waals surface area contributed by atoms with Crippen molar-refractivity contribution in [3.8, 4) is 0 Å². The fourth-order valence-corrected chi connectivity index (χ4v) is 7.00. The predicted octanol–water partition coefficient (Wildman–Crippen LogP) is 3.64. The SMILES string of the molecule is Cc1cc(C)nc(N2CCC(CNC(=O)C34CC5CC(CC(C5)C3)C4)CC2)n1. The van der Waals surface area contributed by atoms with E-state index in [1.165, 1.54) is 19.3 Å². The Labute approximate surface area is 168 Å². The number of anilines is 1. The van der Waals surface area contributed by atoms with Crippen LogP contribution in [0.5, 0.6) is 0 Å². The molecule has 1 amide bonds. The van der Waals surface area contributed by atoms with Crippen LogP contribution in [0.4, 0.5) is 5.95 Å². The summed E-state index contributed by atoms with van der Waals surface area (Å²) in [6.45, 7) is 6.89. The van der Waals surface area contributed by atoms with Crippen molar-refractivity contribution in [2.75, 3.05) is 24.5 Å². The summed E-state index contributed by atoms with van der Waals surface area (Å²) in [7, 11) is 0. The number of rotatable bonds is 4. The number of piperidine rings is 1. The molecule has 5 nitrogen and oxygen atoms in total. The lowest BCUT2D eigenvalue weighted by Gasteiger charge is -2.55. The number of nitrogens with zero attached hydrogens (tertiary/aromatic N) is 3. The molecule has 2 heterocycles. The van der Waals surface area contributed by atoms with Crippen molar-refractivity contribution < 1.29 is 4.79 Å². The van der Waals surface area contributed by atoms with Crippen LogP contribution in [-0.4, -0.2) is 35.5 Å². The van der Waals surface area contributed by atoms with Gasteiger partial charge in [-0.3, -0.25) is 4.79 Å². The smallest absolute Gasteiger partial charge is 0.226 e. The van der Waals surface area contributed by atoms with Gasteiger partial charge in [-0.15, -0.1) is 0 Å². The van der Waals surface area contributed by atoms with Crippen LogP contribution in [0.3, 0.4) is 0 Å². The average Bonchev–Trinajstić information content (AvgIpc) is 2.64. The molecule has 0 unspecified atom stereocenters. The summed E-state index contributed by atoms with van der Waals surface area (Å²) in [5, 5.41) is 3.39. The van der Waals surface area contributed by atoms with E-state index in [0.717, 1.165) is 86.8 Å². The molecule has 0 radical (unpaired) electrons. The molecular weight excluding hydrogens is 348 g/mol. The molecule has 5 aliphatic rings. The van der Waals surface area contributed by atoms with Crippen LogP contribution in [0.1, 0.15) is 62.8 Å². The Balaban J connectivity index is 1.14. The van der Waals surface area contributed by atoms with Gasteiger partial charge in [-0.25, -0.2) is 9.97 Å². The van der Waals surface area contributed by atoms with Crippen molar-refractivity contribution in [2.45, 2.75) is 65.2 Å². The summed E-state index contributed by atoms with van der Waals surface area (Å²) in [4.78, 5) is 24.7. The fourth-order valence-electron chi connectivity index (χ4n) is 7.00. The lowest BCUT2D eigenvalue weighted by atomic mass is 9.49. The first-order chi connectivity index (χ1) is 13.5. The number of nitrogens with one attached hydrogen (secondary N) is 1. The van der Waals surface area contributed by atoms with Crippen molar-refractivity contribution in [3.63, 3.8) is 0 Å². The fraction of sp³-hybridized carbons (Fsp3) is 0.783. The van der Waals surface area contributed by atoms with E-state index in [2.05, 4.69) is 20.2 Å². The minimum Gasteiger partial charge on any atom is -0.355 e. The third kappa shape index (κ3) is 3.42. The van der Waals surface area contributed by atoms with E-state index >= 15 is 0 Å². The minimum atomic E-state index is -0.0115. The second-order valence-corrected chi connectivity index (χ2v) is 10.3. The Morgan fingerprint density at radius 2 is 1.57 bits per heavy atom. The summed E-state index contributed by atoms with van der Waals surface area (Å²) in [6.07, 6.45) is 9.88. The Hall–Kier alpha value is -1.65. The van der Waals surface area contributed by atoms with Crippen LogP contribution in [0, 0.1) is 42.9 Å². The molecule has 1 aliphatic heterocycles. The van der Waals surface area contributed by atoms with Gasteiger partial charge in [-0.2, -0.15) is 0 Å². The molecule has 152 valence electrons. The van der Waals surface area contributed by atoms with Crippen LogP contribution in [0.2, 0.25) is 0 Å². The second kappa shape index (κ2) is 7.00. The zero-order valence-corrected chi connectivity index (χ0v) is 17.4. The van der Waals surface area contributed by atoms with Crippen molar-refractivity contribution in [1.29, 1.82) is 0 Å². The summed E-state index contributed by atoms with van der Waals surface area (Å²) in [5.74, 6) is 4.33. The molecule has 4 aliphatic carbocycles. The Bertz CT molecular complexity index is 697. The lowest BCUT2D eigenvalue weighted by Crippen LogP contribution is -2.54. The lowest BCUT2D eigenvalue weighted by molar-refractivity contribution is -0.146. The summed E-state index contributed by atoms with van der Waals surface area (Å²) in [5.41, 5.74) is 2.06. The Morgan fingerprint density at radius 3 is 2.11 bits per heavy atom. The number of aromatic nitrogens is 2. The van der Waals surface area contributed by atoms with Crippen molar-refractivity contribution in [1.82, 2.24) is 15.3 Å². The topological polar surface area (TPSA) is 58.1 Å². The second-order valence-electron chi connectivity index (χ2n) is 10.3. The van der Waals surface area contributed by atoms with Crippen LogP contribution < -0.4 is 10.2 Å². The molecule has 5 fully saturated rings. The van der Waals surface area contributed by atoms with E-state index in [0.29, 0.717) is 11.8 Å². The van der Waals surface area contributed by atoms with Crippen LogP contribution in [-0.2, 0) is 4.79 Å². The van der Waals surface area contributed by atoms with Gasteiger partial charge >= 0.3 is 0 Å². The van der Waals surface area contributed by atoms with Gasteiger partial charge in [0.25, 0.3) is 0 Å². The first kappa shape index (κ1) is 18.4. The number of hydrogen-bond acceptors (Lipinski definition) is 4. The van der Waals surface area contributed by atoms with E-state index in [1.807, 2.05) is 19.9 Å². The standard InChI is InChI=1S/C23H34N4O/c1-15-7-16(2)26-22(25-15)27-5-3-17(4-6-27)14-24-21(28)23-11-18-8-19(12-23)10-20(9-18)13-23/h7,17-20H,3-6,8-14H2,1-2H3,(H,24,28). The molecule has 0 spiro atoms. The van der Waals surface area contributed by atoms with E-state index in [4.69, 9.17) is 0 Å². The highest BCUT2D eigenvalue weighted by molar-refractivity contribution is 5.83. The van der Waals surface area contributed by atoms with Crippen LogP contribution in [0.15, 0.2) is 6.07 Å².